The maximum Gasteiger partial charge on any atom is 0.330 e. The number of hydrogen-bond donors (Lipinski definition) is 2. The Labute approximate surface area is 212 Å². The fourth-order valence-electron chi connectivity index (χ4n) is 3.32. The summed E-state index contributed by atoms with van der Waals surface area (Å²) in [5.41, 5.74) is -1.56. The van der Waals surface area contributed by atoms with Crippen LogP contribution in [0, 0.1) is 6.92 Å². The van der Waals surface area contributed by atoms with Crippen molar-refractivity contribution in [3.8, 4) is 0 Å². The predicted molar refractivity (Wildman–Crippen MR) is 120 cm³/mol. The molecule has 1 unspecified atom stereocenters. The minimum absolute atomic E-state index is 0.0855. The van der Waals surface area contributed by atoms with Gasteiger partial charge in [0.15, 0.2) is 18.4 Å². The summed E-state index contributed by atoms with van der Waals surface area (Å²) in [4.78, 5) is 74.3. The highest BCUT2D eigenvalue weighted by atomic mass is 35.6. The number of halogens is 3. The number of rotatable bonds is 6. The van der Waals surface area contributed by atoms with Gasteiger partial charge in [-0.15, -0.1) is 0 Å². The molecule has 1 aliphatic rings. The van der Waals surface area contributed by atoms with Crippen LogP contribution in [-0.4, -0.2) is 68.1 Å². The van der Waals surface area contributed by atoms with Gasteiger partial charge < -0.3 is 24.3 Å². The van der Waals surface area contributed by atoms with Crippen molar-refractivity contribution in [1.29, 1.82) is 0 Å². The third-order valence-electron chi connectivity index (χ3n) is 4.70. The molecule has 35 heavy (non-hydrogen) atoms. The Bertz CT molecular complexity index is 1110. The Morgan fingerprint density at radius 1 is 1.06 bits per heavy atom. The molecule has 1 aromatic heterocycles. The molecule has 194 valence electrons. The first-order chi connectivity index (χ1) is 16.1. The fourth-order valence-corrected chi connectivity index (χ4v) is 3.48. The van der Waals surface area contributed by atoms with Crippen molar-refractivity contribution in [2.45, 2.75) is 62.1 Å². The Balaban J connectivity index is 2.71. The normalized spacial score (nSPS) is 24.3. The third-order valence-corrected chi connectivity index (χ3v) is 5.21. The summed E-state index contributed by atoms with van der Waals surface area (Å²) >= 11 is 17.0. The number of carbonyl (C=O) groups excluding carboxylic acids is 4. The van der Waals surface area contributed by atoms with Crippen molar-refractivity contribution >= 4 is 58.6 Å². The predicted octanol–water partition coefficient (Wildman–Crippen LogP) is 0.0239. The number of amides is 1. The van der Waals surface area contributed by atoms with Crippen LogP contribution < -0.4 is 16.6 Å². The van der Waals surface area contributed by atoms with E-state index in [9.17, 15) is 28.8 Å². The summed E-state index contributed by atoms with van der Waals surface area (Å²) < 4.78 is 19.9. The van der Waals surface area contributed by atoms with Crippen LogP contribution in [0.25, 0.3) is 0 Å². The molecule has 13 nitrogen and oxygen atoms in total. The topological polar surface area (TPSA) is 172 Å². The van der Waals surface area contributed by atoms with Crippen LogP contribution in [0.3, 0.4) is 0 Å². The molecule has 0 radical (unpaired) electrons. The van der Waals surface area contributed by atoms with Gasteiger partial charge in [0, 0.05) is 32.5 Å². The highest BCUT2D eigenvalue weighted by Gasteiger charge is 2.53. The van der Waals surface area contributed by atoms with Gasteiger partial charge in [-0.05, 0) is 6.92 Å². The molecule has 0 spiro atoms. The van der Waals surface area contributed by atoms with Gasteiger partial charge in [-0.3, -0.25) is 33.5 Å². The Morgan fingerprint density at radius 3 is 2.14 bits per heavy atom. The van der Waals surface area contributed by atoms with E-state index in [1.165, 1.54) is 6.92 Å². The molecule has 16 heteroatoms. The molecule has 1 aromatic rings. The molecule has 0 aromatic carbocycles. The first kappa shape index (κ1) is 28.6. The molecule has 1 saturated heterocycles. The summed E-state index contributed by atoms with van der Waals surface area (Å²) in [6.45, 7) is 4.12. The van der Waals surface area contributed by atoms with E-state index in [4.69, 9.17) is 53.8 Å². The number of esters is 3. The van der Waals surface area contributed by atoms with Crippen molar-refractivity contribution in [3.05, 3.63) is 32.6 Å². The van der Waals surface area contributed by atoms with E-state index in [0.717, 1.165) is 31.5 Å². The molecular weight excluding hydrogens is 537 g/mol. The van der Waals surface area contributed by atoms with Gasteiger partial charge in [0.25, 0.3) is 15.3 Å². The molecular formula is C19H22Cl3N3O10. The Kier molecular flexibility index (Phi) is 9.34. The molecule has 0 aliphatic carbocycles. The van der Waals surface area contributed by atoms with Gasteiger partial charge in [0.05, 0.1) is 0 Å². The Hall–Kier alpha value is -2.61. The maximum atomic E-state index is 12.6. The third kappa shape index (κ3) is 7.43. The second-order valence-corrected chi connectivity index (χ2v) is 9.77. The molecule has 1 aliphatic heterocycles. The lowest BCUT2D eigenvalue weighted by Gasteiger charge is -2.45. The summed E-state index contributed by atoms with van der Waals surface area (Å²) in [7, 11) is 0. The molecule has 2 rings (SSSR count). The smallest absolute Gasteiger partial charge is 0.330 e. The van der Waals surface area contributed by atoms with E-state index < -0.39 is 76.0 Å². The van der Waals surface area contributed by atoms with Crippen LogP contribution in [-0.2, 0) is 38.1 Å². The fraction of sp³-hybridized carbons (Fsp3) is 0.579. The molecule has 2 heterocycles. The highest BCUT2D eigenvalue weighted by Crippen LogP contribution is 2.34. The summed E-state index contributed by atoms with van der Waals surface area (Å²) in [5.74, 6) is -3.59. The molecule has 0 saturated carbocycles. The number of hydrogen-bond acceptors (Lipinski definition) is 10. The van der Waals surface area contributed by atoms with Crippen LogP contribution in [0.5, 0.6) is 0 Å². The average Bonchev–Trinajstić information content (AvgIpc) is 2.71. The van der Waals surface area contributed by atoms with Crippen molar-refractivity contribution in [1.82, 2.24) is 14.9 Å². The van der Waals surface area contributed by atoms with E-state index in [1.54, 1.807) is 0 Å². The lowest BCUT2D eigenvalue weighted by molar-refractivity contribution is -0.238. The second kappa shape index (κ2) is 11.4. The number of alkyl halides is 3. The quantitative estimate of drug-likeness (QED) is 0.275. The first-order valence-corrected chi connectivity index (χ1v) is 11.1. The number of aromatic nitrogens is 2. The number of nitrogens with one attached hydrogen (secondary N) is 2. The summed E-state index contributed by atoms with van der Waals surface area (Å²) in [6, 6.07) is -1.50. The van der Waals surface area contributed by atoms with Crippen molar-refractivity contribution in [3.63, 3.8) is 0 Å². The zero-order valence-corrected chi connectivity index (χ0v) is 21.1. The van der Waals surface area contributed by atoms with Crippen LogP contribution in [0.4, 0.5) is 0 Å². The minimum Gasteiger partial charge on any atom is -0.463 e. The average molecular weight is 559 g/mol. The van der Waals surface area contributed by atoms with Crippen LogP contribution in [0.2, 0.25) is 0 Å². The molecule has 0 bridgehead atoms. The molecule has 2 N–H and O–H groups in total. The molecule has 1 fully saturated rings. The number of ether oxygens (including phenoxy) is 4. The lowest BCUT2D eigenvalue weighted by Crippen LogP contribution is -2.66. The zero-order chi connectivity index (χ0) is 26.7. The van der Waals surface area contributed by atoms with Crippen LogP contribution >= 0.6 is 34.8 Å². The van der Waals surface area contributed by atoms with Gasteiger partial charge in [0.2, 0.25) is 0 Å². The largest absolute Gasteiger partial charge is 0.463 e. The van der Waals surface area contributed by atoms with Gasteiger partial charge in [-0.1, -0.05) is 34.8 Å². The molecule has 5 atom stereocenters. The standard InChI is InChI=1S/C19H22Cl3N3O10/c1-7-5-25(18(31)24-15(7)29)16-12(23-17(30)19(20,21)22)14(34-10(4)28)13(33-9(3)27)11(35-16)6-32-8(2)26/h5,11-14,16H,6H2,1-4H3,(H,23,30)(H,24,29,31)/t11-,12-,13-,14-,16?/m1/s1. The van der Waals surface area contributed by atoms with E-state index in [2.05, 4.69) is 10.3 Å². The van der Waals surface area contributed by atoms with Crippen molar-refractivity contribution < 1.29 is 38.1 Å². The van der Waals surface area contributed by atoms with E-state index in [1.807, 2.05) is 0 Å². The van der Waals surface area contributed by atoms with Gasteiger partial charge in [-0.2, -0.15) is 0 Å². The highest BCUT2D eigenvalue weighted by molar-refractivity contribution is 6.76. The van der Waals surface area contributed by atoms with E-state index >= 15 is 0 Å². The van der Waals surface area contributed by atoms with Gasteiger partial charge in [-0.25, -0.2) is 4.79 Å². The summed E-state index contributed by atoms with van der Waals surface area (Å²) in [6.07, 6.45) is -4.65. The van der Waals surface area contributed by atoms with Crippen LogP contribution in [0.15, 0.2) is 15.8 Å². The molecule has 1 amide bonds. The van der Waals surface area contributed by atoms with Crippen LogP contribution in [0.1, 0.15) is 32.6 Å². The zero-order valence-electron chi connectivity index (χ0n) is 18.8. The lowest BCUT2D eigenvalue weighted by atomic mass is 9.94. The van der Waals surface area contributed by atoms with Crippen molar-refractivity contribution in [2.24, 2.45) is 0 Å². The SMILES string of the molecule is CC(=O)OC[C@H]1OC(n2cc(C)c(=O)[nH]c2=O)[C@H](NC(=O)C(Cl)(Cl)Cl)[C@@H](OC(C)=O)[C@@H]1OC(C)=O. The van der Waals surface area contributed by atoms with E-state index in [0.29, 0.717) is 0 Å². The Morgan fingerprint density at radius 2 is 1.63 bits per heavy atom. The van der Waals surface area contributed by atoms with Gasteiger partial charge in [0.1, 0.15) is 18.8 Å². The van der Waals surface area contributed by atoms with Crippen molar-refractivity contribution in [2.75, 3.05) is 6.61 Å². The second-order valence-electron chi connectivity index (χ2n) is 7.49. The van der Waals surface area contributed by atoms with E-state index in [-0.39, 0.29) is 5.56 Å². The number of carbonyl (C=O) groups is 4. The first-order valence-electron chi connectivity index (χ1n) is 9.94. The number of nitrogens with zero attached hydrogens (tertiary/aromatic N) is 1. The minimum atomic E-state index is -2.48. The summed E-state index contributed by atoms with van der Waals surface area (Å²) in [5, 5.41) is 2.33. The number of H-pyrrole nitrogens is 1. The number of aromatic amines is 1. The number of aryl methyl sites for hydroxylation is 1. The maximum absolute atomic E-state index is 12.6. The van der Waals surface area contributed by atoms with Gasteiger partial charge >= 0.3 is 23.6 Å². The monoisotopic (exact) mass is 557 g/mol.